The van der Waals surface area contributed by atoms with Crippen molar-refractivity contribution in [1.82, 2.24) is 0 Å². The molecular formula is C26H17FOS2. The average Bonchev–Trinajstić information content (AvgIpc) is 3.44. The van der Waals surface area contributed by atoms with E-state index in [2.05, 4.69) is 48.5 Å². The molecule has 0 radical (unpaired) electrons. The molecule has 0 spiro atoms. The zero-order valence-electron chi connectivity index (χ0n) is 16.1. The Morgan fingerprint density at radius 1 is 0.800 bits per heavy atom. The topological polar surface area (TPSA) is 9.23 Å². The fourth-order valence-electron chi connectivity index (χ4n) is 4.94. The van der Waals surface area contributed by atoms with E-state index in [1.54, 1.807) is 6.07 Å². The number of halogens is 1. The van der Waals surface area contributed by atoms with Gasteiger partial charge in [-0.05, 0) is 76.6 Å². The molecule has 30 heavy (non-hydrogen) atoms. The molecule has 4 heteroatoms. The first-order chi connectivity index (χ1) is 14.7. The van der Waals surface area contributed by atoms with Crippen LogP contribution in [0.25, 0.3) is 42.4 Å². The predicted octanol–water partition coefficient (Wildman–Crippen LogP) is 7.62. The molecule has 0 fully saturated rings. The van der Waals surface area contributed by atoms with Crippen LogP contribution in [0.2, 0.25) is 0 Å². The zero-order valence-corrected chi connectivity index (χ0v) is 17.8. The van der Waals surface area contributed by atoms with Crippen molar-refractivity contribution in [2.24, 2.45) is 0 Å². The molecule has 3 aromatic carbocycles. The van der Waals surface area contributed by atoms with Crippen LogP contribution in [0, 0.1) is 5.13 Å². The van der Waals surface area contributed by atoms with Crippen LogP contribution in [0.15, 0.2) is 54.6 Å². The van der Waals surface area contributed by atoms with Gasteiger partial charge in [0.1, 0.15) is 5.75 Å². The van der Waals surface area contributed by atoms with Gasteiger partial charge in [0.15, 0.2) is 5.13 Å². The van der Waals surface area contributed by atoms with E-state index in [1.165, 1.54) is 59.7 Å². The van der Waals surface area contributed by atoms with Gasteiger partial charge in [0.2, 0.25) is 0 Å². The summed E-state index contributed by atoms with van der Waals surface area (Å²) in [7, 11) is 0. The molecule has 0 atom stereocenters. The lowest BCUT2D eigenvalue weighted by Crippen LogP contribution is -1.99. The first kappa shape index (κ1) is 17.0. The molecule has 2 aliphatic rings. The second-order valence-electron chi connectivity index (χ2n) is 8.10. The number of thiophene rings is 2. The fraction of sp³-hybridized carbons (Fsp3) is 0.154. The normalized spacial score (nSPS) is 13.8. The van der Waals surface area contributed by atoms with Crippen LogP contribution in [0.5, 0.6) is 5.75 Å². The van der Waals surface area contributed by atoms with Crippen molar-refractivity contribution < 1.29 is 9.13 Å². The third-order valence-electron chi connectivity index (χ3n) is 6.38. The molecule has 1 aliphatic carbocycles. The second-order valence-corrected chi connectivity index (χ2v) is 10.3. The van der Waals surface area contributed by atoms with Gasteiger partial charge in [0, 0.05) is 31.5 Å². The van der Waals surface area contributed by atoms with Gasteiger partial charge in [-0.25, -0.2) is 0 Å². The SMILES string of the molecule is Fc1cc2c3c(ccc2s1)-c1c-3ccc2sc(CCc3ccc4c(c3)OCC4)cc12. The lowest BCUT2D eigenvalue weighted by atomic mass is 9.77. The van der Waals surface area contributed by atoms with E-state index in [9.17, 15) is 4.39 Å². The monoisotopic (exact) mass is 428 g/mol. The Morgan fingerprint density at radius 2 is 1.57 bits per heavy atom. The molecule has 0 amide bonds. The number of aryl methyl sites for hydroxylation is 2. The zero-order chi connectivity index (χ0) is 19.8. The third-order valence-corrected chi connectivity index (χ3v) is 8.43. The fourth-order valence-corrected chi connectivity index (χ4v) is 6.80. The summed E-state index contributed by atoms with van der Waals surface area (Å²) in [5.41, 5.74) is 7.76. The van der Waals surface area contributed by atoms with Crippen molar-refractivity contribution in [1.29, 1.82) is 0 Å². The minimum absolute atomic E-state index is 0.109. The number of hydrogen-bond acceptors (Lipinski definition) is 3. The highest BCUT2D eigenvalue weighted by molar-refractivity contribution is 7.19. The van der Waals surface area contributed by atoms with Crippen LogP contribution in [-0.4, -0.2) is 6.61 Å². The van der Waals surface area contributed by atoms with E-state index in [1.807, 2.05) is 11.3 Å². The lowest BCUT2D eigenvalue weighted by molar-refractivity contribution is 0.356. The first-order valence-electron chi connectivity index (χ1n) is 10.3. The molecule has 146 valence electrons. The Hall–Kier alpha value is -2.69. The summed E-state index contributed by atoms with van der Waals surface area (Å²) >= 11 is 3.12. The van der Waals surface area contributed by atoms with Crippen LogP contribution < -0.4 is 4.74 Å². The second kappa shape index (κ2) is 6.16. The summed E-state index contributed by atoms with van der Waals surface area (Å²) < 4.78 is 21.9. The van der Waals surface area contributed by atoms with Crippen LogP contribution in [0.1, 0.15) is 16.0 Å². The predicted molar refractivity (Wildman–Crippen MR) is 125 cm³/mol. The van der Waals surface area contributed by atoms with Gasteiger partial charge in [-0.2, -0.15) is 4.39 Å². The summed E-state index contributed by atoms with van der Waals surface area (Å²) in [5, 5.41) is 2.28. The van der Waals surface area contributed by atoms with Gasteiger partial charge in [-0.3, -0.25) is 0 Å². The number of rotatable bonds is 3. The highest BCUT2D eigenvalue weighted by atomic mass is 32.1. The summed E-state index contributed by atoms with van der Waals surface area (Å²) in [6.45, 7) is 0.812. The molecule has 2 aromatic heterocycles. The van der Waals surface area contributed by atoms with Gasteiger partial charge < -0.3 is 4.74 Å². The standard InChI is InChI=1S/C26H17FOS2/c27-24-13-20-23(30-24)8-6-18-25-17(26(18)20)5-7-22-19(25)12-16(29-22)4-2-14-1-3-15-9-10-28-21(15)11-14/h1,3,5-8,11-13H,2,4,9-10H2. The minimum atomic E-state index is -0.109. The summed E-state index contributed by atoms with van der Waals surface area (Å²) in [6.07, 6.45) is 3.09. The Labute approximate surface area is 181 Å². The third kappa shape index (κ3) is 2.38. The maximum atomic E-state index is 13.8. The van der Waals surface area contributed by atoms with Gasteiger partial charge in [0.05, 0.1) is 6.61 Å². The molecule has 0 saturated carbocycles. The Morgan fingerprint density at radius 3 is 2.40 bits per heavy atom. The van der Waals surface area contributed by atoms with Crippen LogP contribution in [0.4, 0.5) is 4.39 Å². The van der Waals surface area contributed by atoms with Crippen molar-refractivity contribution >= 4 is 42.8 Å². The van der Waals surface area contributed by atoms with Gasteiger partial charge in [-0.1, -0.05) is 24.3 Å². The van der Waals surface area contributed by atoms with E-state index < -0.39 is 0 Å². The Balaban J connectivity index is 1.23. The molecule has 0 bridgehead atoms. The lowest BCUT2D eigenvalue weighted by Gasteiger charge is -2.25. The number of hydrogen-bond donors (Lipinski definition) is 0. The molecule has 0 saturated heterocycles. The average molecular weight is 429 g/mol. The molecule has 1 aliphatic heterocycles. The quantitative estimate of drug-likeness (QED) is 0.282. The molecule has 0 unspecified atom stereocenters. The van der Waals surface area contributed by atoms with E-state index >= 15 is 0 Å². The summed E-state index contributed by atoms with van der Waals surface area (Å²) in [5.74, 6) is 1.07. The number of fused-ring (bicyclic) bond motifs is 9. The van der Waals surface area contributed by atoms with E-state index in [0.29, 0.717) is 0 Å². The van der Waals surface area contributed by atoms with Crippen molar-refractivity contribution in [3.8, 4) is 28.0 Å². The minimum Gasteiger partial charge on any atom is -0.493 e. The molecule has 3 heterocycles. The Bertz CT molecular complexity index is 1490. The largest absolute Gasteiger partial charge is 0.493 e. The highest BCUT2D eigenvalue weighted by Crippen LogP contribution is 2.55. The molecule has 5 aromatic rings. The maximum Gasteiger partial charge on any atom is 0.177 e. The van der Waals surface area contributed by atoms with Crippen molar-refractivity contribution in [3.05, 3.63) is 75.7 Å². The molecule has 0 N–H and O–H groups in total. The van der Waals surface area contributed by atoms with E-state index in [4.69, 9.17) is 4.74 Å². The van der Waals surface area contributed by atoms with Crippen LogP contribution in [-0.2, 0) is 19.3 Å². The number of benzene rings is 3. The first-order valence-corrected chi connectivity index (χ1v) is 11.9. The number of ether oxygens (including phenoxy) is 1. The molecule has 7 rings (SSSR count). The summed E-state index contributed by atoms with van der Waals surface area (Å²) in [6, 6.07) is 19.4. The van der Waals surface area contributed by atoms with E-state index in [0.717, 1.165) is 41.7 Å². The van der Waals surface area contributed by atoms with Crippen molar-refractivity contribution in [2.45, 2.75) is 19.3 Å². The van der Waals surface area contributed by atoms with Gasteiger partial charge >= 0.3 is 0 Å². The summed E-state index contributed by atoms with van der Waals surface area (Å²) in [4.78, 5) is 1.41. The van der Waals surface area contributed by atoms with E-state index in [-0.39, 0.29) is 5.13 Å². The smallest absolute Gasteiger partial charge is 0.177 e. The highest BCUT2D eigenvalue weighted by Gasteiger charge is 2.28. The van der Waals surface area contributed by atoms with Crippen LogP contribution in [0.3, 0.4) is 0 Å². The Kier molecular flexibility index (Phi) is 3.50. The van der Waals surface area contributed by atoms with Crippen molar-refractivity contribution in [3.63, 3.8) is 0 Å². The molecular weight excluding hydrogens is 411 g/mol. The van der Waals surface area contributed by atoms with Gasteiger partial charge in [0.25, 0.3) is 0 Å². The maximum absolute atomic E-state index is 13.8. The molecule has 1 nitrogen and oxygen atoms in total. The van der Waals surface area contributed by atoms with Gasteiger partial charge in [-0.15, -0.1) is 22.7 Å². The van der Waals surface area contributed by atoms with Crippen LogP contribution >= 0.6 is 22.7 Å². The van der Waals surface area contributed by atoms with Crippen molar-refractivity contribution in [2.75, 3.05) is 6.61 Å².